The number of carbonyl (C=O) groups excluding carboxylic acids is 1. The molecule has 1 aliphatic heterocycles. The van der Waals surface area contributed by atoms with Crippen LogP contribution in [-0.2, 0) is 4.79 Å². The van der Waals surface area contributed by atoms with Crippen LogP contribution >= 0.6 is 0 Å². The van der Waals surface area contributed by atoms with Gasteiger partial charge in [-0.1, -0.05) is 6.42 Å². The van der Waals surface area contributed by atoms with Crippen LogP contribution < -0.4 is 10.6 Å². The third kappa shape index (κ3) is 1.97. The van der Waals surface area contributed by atoms with Gasteiger partial charge in [0.15, 0.2) is 0 Å². The van der Waals surface area contributed by atoms with Crippen molar-refractivity contribution in [2.75, 3.05) is 19.6 Å². The van der Waals surface area contributed by atoms with Crippen molar-refractivity contribution in [3.8, 4) is 0 Å². The van der Waals surface area contributed by atoms with Crippen molar-refractivity contribution in [1.82, 2.24) is 10.6 Å². The molecule has 1 heterocycles. The van der Waals surface area contributed by atoms with Crippen molar-refractivity contribution in [2.45, 2.75) is 32.1 Å². The molecule has 16 heavy (non-hydrogen) atoms. The number of carbonyl (C=O) groups is 1. The largest absolute Gasteiger partial charge is 0.356 e. The predicted molar refractivity (Wildman–Crippen MR) is 62.9 cm³/mol. The summed E-state index contributed by atoms with van der Waals surface area (Å²) in [5, 5.41) is 6.50. The van der Waals surface area contributed by atoms with Crippen LogP contribution in [0.4, 0.5) is 0 Å². The molecule has 3 aliphatic rings. The lowest BCUT2D eigenvalue weighted by molar-refractivity contribution is -0.123. The second-order valence-corrected chi connectivity index (χ2v) is 5.72. The zero-order valence-electron chi connectivity index (χ0n) is 9.87. The van der Waals surface area contributed by atoms with E-state index in [1.54, 1.807) is 0 Å². The molecule has 0 bridgehead atoms. The van der Waals surface area contributed by atoms with Gasteiger partial charge in [-0.05, 0) is 56.5 Å². The quantitative estimate of drug-likeness (QED) is 0.749. The van der Waals surface area contributed by atoms with Gasteiger partial charge in [0.25, 0.3) is 0 Å². The summed E-state index contributed by atoms with van der Waals surface area (Å²) in [6.07, 6.45) is 6.39. The van der Waals surface area contributed by atoms with Crippen molar-refractivity contribution in [2.24, 2.45) is 23.7 Å². The van der Waals surface area contributed by atoms with Gasteiger partial charge >= 0.3 is 0 Å². The Bertz CT molecular complexity index is 263. The number of rotatable bonds is 4. The number of nitrogens with one attached hydrogen (secondary N) is 2. The molecule has 0 radical (unpaired) electrons. The van der Waals surface area contributed by atoms with E-state index < -0.39 is 0 Å². The summed E-state index contributed by atoms with van der Waals surface area (Å²) < 4.78 is 0. The topological polar surface area (TPSA) is 41.1 Å². The molecule has 3 unspecified atom stereocenters. The first-order chi connectivity index (χ1) is 7.86. The number of amides is 1. The lowest BCUT2D eigenvalue weighted by Gasteiger charge is -2.10. The fraction of sp³-hybridized carbons (Fsp3) is 0.923. The molecule has 0 aromatic carbocycles. The Hall–Kier alpha value is -0.570. The van der Waals surface area contributed by atoms with E-state index >= 15 is 0 Å². The first kappa shape index (κ1) is 10.6. The first-order valence-corrected chi connectivity index (χ1v) is 6.84. The fourth-order valence-corrected chi connectivity index (χ4v) is 3.69. The summed E-state index contributed by atoms with van der Waals surface area (Å²) in [6, 6.07) is 0. The maximum absolute atomic E-state index is 11.9. The Labute approximate surface area is 97.4 Å². The highest BCUT2D eigenvalue weighted by Gasteiger charge is 2.56. The minimum Gasteiger partial charge on any atom is -0.356 e. The number of hydrogen-bond acceptors (Lipinski definition) is 2. The van der Waals surface area contributed by atoms with Gasteiger partial charge in [-0.25, -0.2) is 0 Å². The average Bonchev–Trinajstić information content (AvgIpc) is 2.76. The summed E-state index contributed by atoms with van der Waals surface area (Å²) >= 11 is 0. The second kappa shape index (κ2) is 4.36. The molecule has 1 amide bonds. The van der Waals surface area contributed by atoms with E-state index in [0.29, 0.717) is 11.8 Å². The molecule has 3 heteroatoms. The van der Waals surface area contributed by atoms with E-state index in [1.165, 1.54) is 25.7 Å². The van der Waals surface area contributed by atoms with Gasteiger partial charge in [0.05, 0.1) is 0 Å². The molecule has 1 saturated heterocycles. The molecule has 0 aromatic heterocycles. The van der Waals surface area contributed by atoms with Crippen LogP contribution in [0.25, 0.3) is 0 Å². The van der Waals surface area contributed by atoms with Crippen LogP contribution in [0.5, 0.6) is 0 Å². The predicted octanol–water partition coefficient (Wildman–Crippen LogP) is 1.15. The van der Waals surface area contributed by atoms with Crippen molar-refractivity contribution < 1.29 is 4.79 Å². The normalized spacial score (nSPS) is 40.8. The molecule has 2 aliphatic carbocycles. The summed E-state index contributed by atoms with van der Waals surface area (Å²) in [4.78, 5) is 11.9. The standard InChI is InChI=1S/C13H22N2O/c16-13(12-10-2-1-3-11(10)12)15-7-5-9-4-6-14-8-9/h9-12,14H,1-8H2,(H,15,16). The minimum atomic E-state index is 0.348. The van der Waals surface area contributed by atoms with Crippen LogP contribution in [-0.4, -0.2) is 25.5 Å². The number of hydrogen-bond donors (Lipinski definition) is 2. The van der Waals surface area contributed by atoms with Gasteiger partial charge in [0, 0.05) is 12.5 Å². The highest BCUT2D eigenvalue weighted by atomic mass is 16.2. The molecule has 3 atom stereocenters. The Morgan fingerprint density at radius 1 is 1.25 bits per heavy atom. The lowest BCUT2D eigenvalue weighted by atomic mass is 10.1. The van der Waals surface area contributed by atoms with Gasteiger partial charge in [0.2, 0.25) is 5.91 Å². The highest BCUT2D eigenvalue weighted by Crippen LogP contribution is 2.57. The van der Waals surface area contributed by atoms with Crippen LogP contribution in [0.3, 0.4) is 0 Å². The SMILES string of the molecule is O=C(NCCC1CCNC1)C1C2CCCC21. The van der Waals surface area contributed by atoms with Crippen LogP contribution in [0.15, 0.2) is 0 Å². The molecule has 0 aromatic rings. The molecule has 2 N–H and O–H groups in total. The van der Waals surface area contributed by atoms with E-state index in [-0.39, 0.29) is 0 Å². The van der Waals surface area contributed by atoms with Crippen molar-refractivity contribution >= 4 is 5.91 Å². The smallest absolute Gasteiger partial charge is 0.223 e. The molecular formula is C13H22N2O. The molecular weight excluding hydrogens is 200 g/mol. The third-order valence-corrected chi connectivity index (χ3v) is 4.72. The molecule has 0 spiro atoms. The van der Waals surface area contributed by atoms with E-state index in [4.69, 9.17) is 0 Å². The van der Waals surface area contributed by atoms with Crippen LogP contribution in [0.1, 0.15) is 32.1 Å². The van der Waals surface area contributed by atoms with E-state index in [2.05, 4.69) is 10.6 Å². The second-order valence-electron chi connectivity index (χ2n) is 5.72. The summed E-state index contributed by atoms with van der Waals surface area (Å²) in [6.45, 7) is 3.19. The monoisotopic (exact) mass is 222 g/mol. The van der Waals surface area contributed by atoms with Crippen LogP contribution in [0.2, 0.25) is 0 Å². The fourth-order valence-electron chi connectivity index (χ4n) is 3.69. The first-order valence-electron chi connectivity index (χ1n) is 6.84. The van der Waals surface area contributed by atoms with E-state index in [1.807, 2.05) is 0 Å². The Morgan fingerprint density at radius 2 is 2.06 bits per heavy atom. The highest BCUT2D eigenvalue weighted by molar-refractivity contribution is 5.82. The molecule has 3 rings (SSSR count). The third-order valence-electron chi connectivity index (χ3n) is 4.72. The summed E-state index contributed by atoms with van der Waals surface area (Å²) in [5.74, 6) is 3.05. The molecule has 2 saturated carbocycles. The number of fused-ring (bicyclic) bond motifs is 1. The lowest BCUT2D eigenvalue weighted by Crippen LogP contribution is -2.29. The molecule has 90 valence electrons. The minimum absolute atomic E-state index is 0.348. The zero-order chi connectivity index (χ0) is 11.0. The summed E-state index contributed by atoms with van der Waals surface area (Å²) in [5.41, 5.74) is 0. The Kier molecular flexibility index (Phi) is 2.88. The average molecular weight is 222 g/mol. The summed E-state index contributed by atoms with van der Waals surface area (Å²) in [7, 11) is 0. The van der Waals surface area contributed by atoms with Gasteiger partial charge in [-0.15, -0.1) is 0 Å². The van der Waals surface area contributed by atoms with Gasteiger partial charge < -0.3 is 10.6 Å². The Morgan fingerprint density at radius 3 is 2.75 bits per heavy atom. The maximum atomic E-state index is 11.9. The maximum Gasteiger partial charge on any atom is 0.223 e. The molecule has 3 fully saturated rings. The molecule has 3 nitrogen and oxygen atoms in total. The van der Waals surface area contributed by atoms with Gasteiger partial charge in [-0.2, -0.15) is 0 Å². The van der Waals surface area contributed by atoms with Crippen molar-refractivity contribution in [1.29, 1.82) is 0 Å². The van der Waals surface area contributed by atoms with Crippen molar-refractivity contribution in [3.05, 3.63) is 0 Å². The van der Waals surface area contributed by atoms with Crippen molar-refractivity contribution in [3.63, 3.8) is 0 Å². The van der Waals surface area contributed by atoms with Crippen LogP contribution in [0, 0.1) is 23.7 Å². The van der Waals surface area contributed by atoms with E-state index in [0.717, 1.165) is 43.8 Å². The Balaban J connectivity index is 1.34. The van der Waals surface area contributed by atoms with E-state index in [9.17, 15) is 4.79 Å². The van der Waals surface area contributed by atoms with Gasteiger partial charge in [0.1, 0.15) is 0 Å². The zero-order valence-corrected chi connectivity index (χ0v) is 9.87. The van der Waals surface area contributed by atoms with Gasteiger partial charge in [-0.3, -0.25) is 4.79 Å².